The second-order valence-electron chi connectivity index (χ2n) is 4.36. The molecule has 0 atom stereocenters. The average Bonchev–Trinajstić information content (AvgIpc) is 2.68. The molecule has 1 N–H and O–H groups in total. The Morgan fingerprint density at radius 3 is 2.71 bits per heavy atom. The van der Waals surface area contributed by atoms with Gasteiger partial charge < -0.3 is 4.42 Å². The van der Waals surface area contributed by atoms with Gasteiger partial charge in [-0.05, 0) is 36.1 Å². The maximum atomic E-state index is 11.9. The summed E-state index contributed by atoms with van der Waals surface area (Å²) in [5, 5.41) is 5.62. The van der Waals surface area contributed by atoms with E-state index in [9.17, 15) is 4.79 Å². The van der Waals surface area contributed by atoms with E-state index in [2.05, 4.69) is 27.9 Å². The van der Waals surface area contributed by atoms with Crippen LogP contribution in [0.25, 0.3) is 11.0 Å². The van der Waals surface area contributed by atoms with Crippen LogP contribution in [0, 0.1) is 24.7 Å². The van der Waals surface area contributed by atoms with E-state index < -0.39 is 0 Å². The first-order valence-corrected chi connectivity index (χ1v) is 6.84. The van der Waals surface area contributed by atoms with Crippen molar-refractivity contribution >= 4 is 16.9 Å². The van der Waals surface area contributed by atoms with Crippen LogP contribution in [0.5, 0.6) is 0 Å². The predicted octanol–water partition coefficient (Wildman–Crippen LogP) is 2.33. The first-order valence-electron chi connectivity index (χ1n) is 7.34. The number of nitrogens with zero attached hydrogens (tertiary/aromatic N) is 2. The van der Waals surface area contributed by atoms with Crippen LogP contribution in [0.15, 0.2) is 70.6 Å². The largest absolute Gasteiger partial charge is 0.464 e. The van der Waals surface area contributed by atoms with Crippen LogP contribution in [0.2, 0.25) is 0 Å². The monoisotopic (exact) mass is 317 g/mol. The zero-order chi connectivity index (χ0) is 17.9. The van der Waals surface area contributed by atoms with E-state index in [1.165, 1.54) is 0 Å². The summed E-state index contributed by atoms with van der Waals surface area (Å²) in [7, 11) is 0. The molecule has 1 amide bonds. The quantitative estimate of drug-likeness (QED) is 0.582. The van der Waals surface area contributed by atoms with Gasteiger partial charge in [-0.25, -0.2) is 5.43 Å². The molecule has 0 aliphatic heterocycles. The van der Waals surface area contributed by atoms with Crippen LogP contribution >= 0.6 is 0 Å². The van der Waals surface area contributed by atoms with E-state index in [1.807, 2.05) is 30.2 Å². The van der Waals surface area contributed by atoms with Crippen molar-refractivity contribution in [3.05, 3.63) is 72.0 Å². The van der Waals surface area contributed by atoms with Crippen molar-refractivity contribution in [1.82, 2.24) is 10.4 Å². The van der Waals surface area contributed by atoms with Crippen LogP contribution in [0.3, 0.4) is 0 Å². The Labute approximate surface area is 140 Å². The van der Waals surface area contributed by atoms with Gasteiger partial charge in [-0.3, -0.25) is 9.78 Å². The summed E-state index contributed by atoms with van der Waals surface area (Å²) < 4.78 is 11.5. The van der Waals surface area contributed by atoms with E-state index in [0.717, 1.165) is 5.39 Å². The smallest absolute Gasteiger partial charge is 0.271 e. The normalized spacial score (nSPS) is 10.3. The van der Waals surface area contributed by atoms with Gasteiger partial charge in [-0.15, -0.1) is 12.8 Å². The fourth-order valence-electron chi connectivity index (χ4n) is 1.82. The molecule has 2 heterocycles. The number of benzene rings is 1. The van der Waals surface area contributed by atoms with Crippen molar-refractivity contribution < 1.29 is 10.6 Å². The summed E-state index contributed by atoms with van der Waals surface area (Å²) in [5.74, 6) is 3.74. The van der Waals surface area contributed by atoms with Gasteiger partial charge in [0.2, 0.25) is 0 Å². The molecule has 24 heavy (non-hydrogen) atoms. The Kier molecular flexibility index (Phi) is 5.39. The molecule has 0 aliphatic rings. The Morgan fingerprint density at radius 2 is 2.00 bits per heavy atom. The Morgan fingerprint density at radius 1 is 1.21 bits per heavy atom. The number of rotatable bonds is 2. The fourth-order valence-corrected chi connectivity index (χ4v) is 1.82. The third-order valence-electron chi connectivity index (χ3n) is 2.88. The molecule has 0 aliphatic carbocycles. The summed E-state index contributed by atoms with van der Waals surface area (Å²) in [5.41, 5.74) is 3.75. The molecule has 3 rings (SSSR count). The maximum Gasteiger partial charge on any atom is 0.271 e. The van der Waals surface area contributed by atoms with Crippen LogP contribution in [-0.4, -0.2) is 10.9 Å². The van der Waals surface area contributed by atoms with Gasteiger partial charge in [-0.1, -0.05) is 12.1 Å². The molecule has 1 aromatic carbocycles. The SMILES string of the molecule is O=C(N/N=c1\ccoc2ccccc12)c1ccncc1.[3H]C#CC#C. The third-order valence-corrected chi connectivity index (χ3v) is 2.88. The molecule has 0 unspecified atom stereocenters. The summed E-state index contributed by atoms with van der Waals surface area (Å²) in [6, 6.07) is 12.5. The highest BCUT2D eigenvalue weighted by Gasteiger charge is 2.03. The zero-order valence-electron chi connectivity index (χ0n) is 13.6. The number of para-hydroxylation sites is 1. The maximum absolute atomic E-state index is 11.9. The molecule has 5 heteroatoms. The van der Waals surface area contributed by atoms with Crippen molar-refractivity contribution in [3.63, 3.8) is 0 Å². The highest BCUT2D eigenvalue weighted by Crippen LogP contribution is 2.07. The van der Waals surface area contributed by atoms with Gasteiger partial charge in [0, 0.05) is 29.4 Å². The predicted molar refractivity (Wildman–Crippen MR) is 91.1 cm³/mol. The van der Waals surface area contributed by atoms with Crippen LogP contribution in [0.4, 0.5) is 0 Å². The molecule has 2 aromatic heterocycles. The number of hydrogen-bond donors (Lipinski definition) is 1. The molecular weight excluding hydrogens is 302 g/mol. The Bertz CT molecular complexity index is 1020. The Hall–Kier alpha value is -3.83. The number of hydrogen-bond acceptors (Lipinski definition) is 4. The van der Waals surface area contributed by atoms with Gasteiger partial charge in [0.25, 0.3) is 5.91 Å². The van der Waals surface area contributed by atoms with E-state index in [0.29, 0.717) is 16.5 Å². The minimum Gasteiger partial charge on any atom is -0.464 e. The van der Waals surface area contributed by atoms with E-state index in [1.54, 1.807) is 43.3 Å². The summed E-state index contributed by atoms with van der Waals surface area (Å²) >= 11 is 0. The van der Waals surface area contributed by atoms with Crippen molar-refractivity contribution in [2.24, 2.45) is 5.10 Å². The van der Waals surface area contributed by atoms with E-state index >= 15 is 0 Å². The molecule has 3 aromatic rings. The number of aromatic nitrogens is 1. The molecule has 0 spiro atoms. The van der Waals surface area contributed by atoms with Crippen molar-refractivity contribution in [1.29, 1.82) is 0 Å². The number of fused-ring (bicyclic) bond motifs is 1. The van der Waals surface area contributed by atoms with Gasteiger partial charge in [-0.2, -0.15) is 5.10 Å². The Balaban J connectivity index is 0.000000399. The highest BCUT2D eigenvalue weighted by atomic mass is 16.3. The molecule has 0 saturated heterocycles. The van der Waals surface area contributed by atoms with Crippen LogP contribution in [0.1, 0.15) is 11.7 Å². The minimum atomic E-state index is -0.280. The van der Waals surface area contributed by atoms with Gasteiger partial charge in [0.05, 0.1) is 11.6 Å². The lowest BCUT2D eigenvalue weighted by Crippen LogP contribution is -2.21. The lowest BCUT2D eigenvalue weighted by Gasteiger charge is -2.00. The average molecular weight is 317 g/mol. The molecule has 0 radical (unpaired) electrons. The minimum absolute atomic E-state index is 0.280. The first kappa shape index (κ1) is 15.1. The lowest BCUT2D eigenvalue weighted by molar-refractivity contribution is 0.0953. The summed E-state index contributed by atoms with van der Waals surface area (Å²) in [6.45, 7) is 0. The highest BCUT2D eigenvalue weighted by molar-refractivity contribution is 5.93. The van der Waals surface area contributed by atoms with Crippen LogP contribution < -0.4 is 10.8 Å². The summed E-state index contributed by atoms with van der Waals surface area (Å²) in [6.07, 6.45) is 11.0. The molecular formula is C19H13N3O2. The molecule has 0 bridgehead atoms. The number of pyridine rings is 1. The second-order valence-corrected chi connectivity index (χ2v) is 4.36. The molecule has 0 fully saturated rings. The number of carbonyl (C=O) groups excluding carboxylic acids is 1. The molecule has 5 nitrogen and oxygen atoms in total. The zero-order valence-corrected chi connectivity index (χ0v) is 12.6. The second kappa shape index (κ2) is 8.57. The summed E-state index contributed by atoms with van der Waals surface area (Å²) in [4.78, 5) is 15.8. The van der Waals surface area contributed by atoms with Gasteiger partial charge in [0.15, 0.2) is 0 Å². The van der Waals surface area contributed by atoms with Crippen LogP contribution in [-0.2, 0) is 0 Å². The number of amides is 1. The molecule has 116 valence electrons. The number of nitrogens with one attached hydrogen (secondary N) is 1. The lowest BCUT2D eigenvalue weighted by atomic mass is 10.2. The fraction of sp³-hybridized carbons (Fsp3) is 0. The van der Waals surface area contributed by atoms with E-state index in [-0.39, 0.29) is 5.91 Å². The molecule has 0 saturated carbocycles. The van der Waals surface area contributed by atoms with E-state index in [4.69, 9.17) is 5.79 Å². The standard InChI is InChI=1S/C15H11N3O2.C4H2/c19-15(11-5-8-16-9-6-11)18-17-13-7-10-20-14-4-2-1-3-12(13)14;1-3-4-2/h1-10H,(H,18,19);1-2H/b17-13+;/i;1T. The third kappa shape index (κ3) is 4.33. The van der Waals surface area contributed by atoms with Gasteiger partial charge in [0.1, 0.15) is 6.95 Å². The van der Waals surface area contributed by atoms with Crippen molar-refractivity contribution in [2.45, 2.75) is 0 Å². The van der Waals surface area contributed by atoms with Crippen molar-refractivity contribution in [2.75, 3.05) is 0 Å². The van der Waals surface area contributed by atoms with Gasteiger partial charge >= 0.3 is 0 Å². The van der Waals surface area contributed by atoms with Crippen molar-refractivity contribution in [3.8, 4) is 24.7 Å². The number of carbonyl (C=O) groups is 1. The topological polar surface area (TPSA) is 67.5 Å². The number of terminal acetylenes is 2. The first-order chi connectivity index (χ1) is 12.3.